The van der Waals surface area contributed by atoms with E-state index < -0.39 is 0 Å². The molecule has 3 heteroatoms. The third-order valence-corrected chi connectivity index (χ3v) is 3.41. The number of ether oxygens (including phenoxy) is 1. The summed E-state index contributed by atoms with van der Waals surface area (Å²) >= 11 is 0. The number of likely N-dealkylation sites (tertiary alicyclic amines) is 1. The molecule has 1 N–H and O–H groups in total. The molecular weight excluding hydrogens is 166 g/mol. The monoisotopic (exact) mass is 185 g/mol. The Morgan fingerprint density at radius 2 is 2.31 bits per heavy atom. The van der Waals surface area contributed by atoms with Crippen LogP contribution >= 0.6 is 0 Å². The van der Waals surface area contributed by atoms with Gasteiger partial charge in [0.25, 0.3) is 0 Å². The molecule has 76 valence electrons. The Labute approximate surface area is 79.7 Å². The Bertz CT molecular complexity index is 180. The summed E-state index contributed by atoms with van der Waals surface area (Å²) in [5.41, 5.74) is 0.266. The summed E-state index contributed by atoms with van der Waals surface area (Å²) in [6, 6.07) is 0. The number of methoxy groups -OCH3 is 1. The molecule has 1 saturated carbocycles. The summed E-state index contributed by atoms with van der Waals surface area (Å²) in [4.78, 5) is 2.43. The zero-order valence-corrected chi connectivity index (χ0v) is 8.33. The van der Waals surface area contributed by atoms with Gasteiger partial charge < -0.3 is 14.7 Å². The van der Waals surface area contributed by atoms with Gasteiger partial charge >= 0.3 is 0 Å². The fourth-order valence-corrected chi connectivity index (χ4v) is 2.15. The van der Waals surface area contributed by atoms with E-state index in [1.54, 1.807) is 7.11 Å². The van der Waals surface area contributed by atoms with Crippen LogP contribution in [0.25, 0.3) is 0 Å². The van der Waals surface area contributed by atoms with E-state index in [0.29, 0.717) is 12.7 Å². The summed E-state index contributed by atoms with van der Waals surface area (Å²) in [5.74, 6) is 0. The zero-order valence-electron chi connectivity index (χ0n) is 8.33. The van der Waals surface area contributed by atoms with E-state index in [9.17, 15) is 5.11 Å². The number of hydrogen-bond donors (Lipinski definition) is 1. The van der Waals surface area contributed by atoms with Crippen LogP contribution in [0.4, 0.5) is 0 Å². The molecule has 2 aliphatic rings. The highest BCUT2D eigenvalue weighted by molar-refractivity contribution is 4.96. The molecule has 0 radical (unpaired) electrons. The van der Waals surface area contributed by atoms with Crippen LogP contribution in [0, 0.1) is 5.41 Å². The van der Waals surface area contributed by atoms with Gasteiger partial charge in [-0.15, -0.1) is 0 Å². The lowest BCUT2D eigenvalue weighted by Crippen LogP contribution is -2.31. The van der Waals surface area contributed by atoms with Crippen LogP contribution in [0.5, 0.6) is 0 Å². The molecule has 2 rings (SSSR count). The average Bonchev–Trinajstić information content (AvgIpc) is 2.77. The van der Waals surface area contributed by atoms with Crippen molar-refractivity contribution in [1.82, 2.24) is 4.90 Å². The molecule has 0 aromatic rings. The zero-order chi connectivity index (χ0) is 9.31. The number of rotatable bonds is 4. The minimum Gasteiger partial charge on any atom is -0.396 e. The molecular formula is C10H19NO2. The lowest BCUT2D eigenvalue weighted by molar-refractivity contribution is 0.0994. The maximum Gasteiger partial charge on any atom is 0.0710 e. The van der Waals surface area contributed by atoms with Gasteiger partial charge in [0.15, 0.2) is 0 Å². The second kappa shape index (κ2) is 3.56. The summed E-state index contributed by atoms with van der Waals surface area (Å²) in [6.45, 7) is 3.63. The van der Waals surface area contributed by atoms with Crippen molar-refractivity contribution < 1.29 is 9.84 Å². The van der Waals surface area contributed by atoms with Gasteiger partial charge in [-0.25, -0.2) is 0 Å². The third-order valence-electron chi connectivity index (χ3n) is 3.41. The molecule has 1 atom stereocenters. The SMILES string of the molecule is CO[C@@H]1CCN(CC2(CO)CC2)C1. The van der Waals surface area contributed by atoms with Crippen molar-refractivity contribution in [2.75, 3.05) is 33.4 Å². The maximum atomic E-state index is 9.18. The normalized spacial score (nSPS) is 32.3. The van der Waals surface area contributed by atoms with E-state index in [1.807, 2.05) is 0 Å². The van der Waals surface area contributed by atoms with Gasteiger partial charge in [0.2, 0.25) is 0 Å². The average molecular weight is 185 g/mol. The molecule has 0 aromatic carbocycles. The van der Waals surface area contributed by atoms with E-state index in [2.05, 4.69) is 4.90 Å². The van der Waals surface area contributed by atoms with Crippen LogP contribution in [0.3, 0.4) is 0 Å². The maximum absolute atomic E-state index is 9.18. The van der Waals surface area contributed by atoms with Crippen LogP contribution in [0.2, 0.25) is 0 Å². The van der Waals surface area contributed by atoms with Gasteiger partial charge in [0.05, 0.1) is 6.10 Å². The second-order valence-electron chi connectivity index (χ2n) is 4.54. The van der Waals surface area contributed by atoms with Crippen molar-refractivity contribution in [3.8, 4) is 0 Å². The molecule has 0 bridgehead atoms. The van der Waals surface area contributed by atoms with Crippen molar-refractivity contribution in [3.63, 3.8) is 0 Å². The Morgan fingerprint density at radius 3 is 2.77 bits per heavy atom. The largest absolute Gasteiger partial charge is 0.396 e. The molecule has 3 nitrogen and oxygen atoms in total. The van der Waals surface area contributed by atoms with Crippen molar-refractivity contribution in [1.29, 1.82) is 0 Å². The molecule has 0 spiro atoms. The second-order valence-corrected chi connectivity index (χ2v) is 4.54. The quantitative estimate of drug-likeness (QED) is 0.691. The Hall–Kier alpha value is -0.120. The van der Waals surface area contributed by atoms with Gasteiger partial charge in [-0.05, 0) is 19.3 Å². The van der Waals surface area contributed by atoms with Crippen molar-refractivity contribution >= 4 is 0 Å². The first-order valence-corrected chi connectivity index (χ1v) is 5.14. The molecule has 0 amide bonds. The van der Waals surface area contributed by atoms with Gasteiger partial charge in [-0.1, -0.05) is 0 Å². The van der Waals surface area contributed by atoms with Crippen molar-refractivity contribution in [2.45, 2.75) is 25.4 Å². The molecule has 13 heavy (non-hydrogen) atoms. The standard InChI is InChI=1S/C10H19NO2/c1-13-9-2-5-11(6-9)7-10(8-12)3-4-10/h9,12H,2-8H2,1H3/t9-/m1/s1. The summed E-state index contributed by atoms with van der Waals surface area (Å²) in [6.07, 6.45) is 3.99. The van der Waals surface area contributed by atoms with Crippen molar-refractivity contribution in [2.24, 2.45) is 5.41 Å². The van der Waals surface area contributed by atoms with Crippen LogP contribution in [-0.4, -0.2) is 49.5 Å². The van der Waals surface area contributed by atoms with Gasteiger partial charge in [0, 0.05) is 38.8 Å². The van der Waals surface area contributed by atoms with E-state index in [1.165, 1.54) is 12.8 Å². The number of aliphatic hydroxyl groups is 1. The van der Waals surface area contributed by atoms with Crippen LogP contribution in [-0.2, 0) is 4.74 Å². The first-order chi connectivity index (χ1) is 6.28. The van der Waals surface area contributed by atoms with Gasteiger partial charge in [0.1, 0.15) is 0 Å². The fourth-order valence-electron chi connectivity index (χ4n) is 2.15. The van der Waals surface area contributed by atoms with E-state index >= 15 is 0 Å². The molecule has 1 aliphatic carbocycles. The lowest BCUT2D eigenvalue weighted by atomic mass is 10.1. The molecule has 1 heterocycles. The highest BCUT2D eigenvalue weighted by Crippen LogP contribution is 2.46. The highest BCUT2D eigenvalue weighted by atomic mass is 16.5. The molecule has 0 unspecified atom stereocenters. The number of nitrogens with zero attached hydrogens (tertiary/aromatic N) is 1. The molecule has 2 fully saturated rings. The van der Waals surface area contributed by atoms with Gasteiger partial charge in [-0.2, -0.15) is 0 Å². The Balaban J connectivity index is 1.77. The predicted molar refractivity (Wildman–Crippen MR) is 50.6 cm³/mol. The summed E-state index contributed by atoms with van der Waals surface area (Å²) < 4.78 is 5.31. The first kappa shape index (κ1) is 9.44. The molecule has 1 saturated heterocycles. The number of aliphatic hydroxyl groups excluding tert-OH is 1. The topological polar surface area (TPSA) is 32.7 Å². The van der Waals surface area contributed by atoms with E-state index in [4.69, 9.17) is 4.74 Å². The summed E-state index contributed by atoms with van der Waals surface area (Å²) in [5, 5.41) is 9.18. The van der Waals surface area contributed by atoms with E-state index in [-0.39, 0.29) is 5.41 Å². The lowest BCUT2D eigenvalue weighted by Gasteiger charge is -2.21. The Morgan fingerprint density at radius 1 is 1.54 bits per heavy atom. The molecule has 0 aromatic heterocycles. The fraction of sp³-hybridized carbons (Fsp3) is 1.00. The third kappa shape index (κ3) is 2.03. The van der Waals surface area contributed by atoms with Crippen LogP contribution < -0.4 is 0 Å². The van der Waals surface area contributed by atoms with Crippen LogP contribution in [0.1, 0.15) is 19.3 Å². The van der Waals surface area contributed by atoms with E-state index in [0.717, 1.165) is 26.1 Å². The number of hydrogen-bond acceptors (Lipinski definition) is 3. The molecule has 1 aliphatic heterocycles. The summed E-state index contributed by atoms with van der Waals surface area (Å²) in [7, 11) is 1.78. The smallest absolute Gasteiger partial charge is 0.0710 e. The van der Waals surface area contributed by atoms with Crippen LogP contribution in [0.15, 0.2) is 0 Å². The van der Waals surface area contributed by atoms with Gasteiger partial charge in [-0.3, -0.25) is 0 Å². The minimum absolute atomic E-state index is 0.266. The highest BCUT2D eigenvalue weighted by Gasteiger charge is 2.44. The Kier molecular flexibility index (Phi) is 2.58. The minimum atomic E-state index is 0.266. The predicted octanol–water partition coefficient (Wildman–Crippen LogP) is 0.480. The van der Waals surface area contributed by atoms with Crippen molar-refractivity contribution in [3.05, 3.63) is 0 Å². The first-order valence-electron chi connectivity index (χ1n) is 5.14.